The van der Waals surface area contributed by atoms with Crippen LogP contribution in [-0.2, 0) is 9.59 Å². The van der Waals surface area contributed by atoms with E-state index in [2.05, 4.69) is 17.0 Å². The third-order valence-corrected chi connectivity index (χ3v) is 8.69. The summed E-state index contributed by atoms with van der Waals surface area (Å²) in [4.78, 5) is 31.2. The van der Waals surface area contributed by atoms with Crippen LogP contribution in [0.5, 0.6) is 0 Å². The van der Waals surface area contributed by atoms with Crippen LogP contribution in [0.3, 0.4) is 0 Å². The molecule has 0 unspecified atom stereocenters. The molecule has 2 fully saturated rings. The second-order valence-corrected chi connectivity index (χ2v) is 10.6. The van der Waals surface area contributed by atoms with E-state index < -0.39 is 11.8 Å². The molecule has 0 saturated carbocycles. The van der Waals surface area contributed by atoms with E-state index >= 15 is 0 Å². The number of fused-ring (bicyclic) bond motifs is 9. The summed E-state index contributed by atoms with van der Waals surface area (Å²) in [5.74, 6) is -1.02. The molecule has 1 aromatic heterocycles. The molecule has 6 nitrogen and oxygen atoms in total. The number of anilines is 1. The first-order valence-electron chi connectivity index (χ1n) is 13.2. The van der Waals surface area contributed by atoms with E-state index in [0.717, 1.165) is 44.4 Å². The molecule has 39 heavy (non-hydrogen) atoms. The van der Waals surface area contributed by atoms with E-state index in [1.54, 1.807) is 0 Å². The van der Waals surface area contributed by atoms with E-state index in [1.807, 2.05) is 98.0 Å². The maximum absolute atomic E-state index is 13.8. The maximum atomic E-state index is 13.8. The zero-order chi connectivity index (χ0) is 26.2. The summed E-state index contributed by atoms with van der Waals surface area (Å²) in [6.07, 6.45) is 0. The van der Waals surface area contributed by atoms with E-state index in [-0.39, 0.29) is 23.9 Å². The molecule has 4 aromatic carbocycles. The summed E-state index contributed by atoms with van der Waals surface area (Å²) in [6, 6.07) is 33.5. The van der Waals surface area contributed by atoms with Gasteiger partial charge in [-0.25, -0.2) is 4.90 Å². The van der Waals surface area contributed by atoms with Crippen LogP contribution in [-0.4, -0.2) is 34.0 Å². The number of hydrogen-bond acceptors (Lipinski definition) is 5. The molecule has 2 amide bonds. The SMILES string of the molecule is CN1[C@@H]2c3cc4c(-c5ccccc5)nnc(-c5ccccc5)c4cc3[C@H]1[C@@H]1C(=O)N(c3ccccc3)C(=O)[C@@H]12. The number of carbonyl (C=O) groups excluding carboxylic acids is 2. The van der Waals surface area contributed by atoms with Crippen molar-refractivity contribution in [1.29, 1.82) is 0 Å². The van der Waals surface area contributed by atoms with Gasteiger partial charge in [0.15, 0.2) is 0 Å². The monoisotopic (exact) mass is 508 g/mol. The van der Waals surface area contributed by atoms with Gasteiger partial charge in [-0.3, -0.25) is 14.5 Å². The van der Waals surface area contributed by atoms with Crippen molar-refractivity contribution in [2.24, 2.45) is 11.8 Å². The second kappa shape index (κ2) is 8.16. The van der Waals surface area contributed by atoms with Gasteiger partial charge in [0.05, 0.1) is 17.5 Å². The Hall–Kier alpha value is -4.68. The zero-order valence-corrected chi connectivity index (χ0v) is 21.2. The fourth-order valence-corrected chi connectivity index (χ4v) is 7.08. The minimum absolute atomic E-state index is 0.109. The van der Waals surface area contributed by atoms with Gasteiger partial charge in [-0.15, -0.1) is 10.2 Å². The Labute approximate surface area is 225 Å². The van der Waals surface area contributed by atoms with E-state index in [4.69, 9.17) is 10.2 Å². The first-order chi connectivity index (χ1) is 19.1. The summed E-state index contributed by atoms with van der Waals surface area (Å²) < 4.78 is 0. The van der Waals surface area contributed by atoms with Gasteiger partial charge >= 0.3 is 0 Å². The standard InChI is InChI=1S/C33H24N4O2/c1-36-30-24-17-22-23(29(20-13-7-3-8-14-20)35-34-28(22)19-11-5-2-6-12-19)18-25(24)31(36)27-26(30)32(38)37(33(27)39)21-15-9-4-10-16-21/h2-18,26-27,30-31H,1H3/t26-,27+,30+,31-. The Morgan fingerprint density at radius 1 is 0.590 bits per heavy atom. The number of aromatic nitrogens is 2. The van der Waals surface area contributed by atoms with E-state index in [0.29, 0.717) is 5.69 Å². The molecule has 0 aliphatic carbocycles. The summed E-state index contributed by atoms with van der Waals surface area (Å²) in [5.41, 5.74) is 6.47. The first kappa shape index (κ1) is 22.3. The highest BCUT2D eigenvalue weighted by Gasteiger charge is 2.65. The van der Waals surface area contributed by atoms with Crippen LogP contribution in [0.25, 0.3) is 33.3 Å². The van der Waals surface area contributed by atoms with Crippen molar-refractivity contribution in [3.63, 3.8) is 0 Å². The number of rotatable bonds is 3. The molecule has 0 radical (unpaired) electrons. The molecule has 0 N–H and O–H groups in total. The highest BCUT2D eigenvalue weighted by atomic mass is 16.2. The fourth-order valence-electron chi connectivity index (χ4n) is 7.08. The Morgan fingerprint density at radius 3 is 1.44 bits per heavy atom. The largest absolute Gasteiger partial charge is 0.291 e. The molecule has 8 rings (SSSR count). The fraction of sp³-hybridized carbons (Fsp3) is 0.152. The number of amides is 2. The second-order valence-electron chi connectivity index (χ2n) is 10.6. The molecule has 4 atom stereocenters. The van der Waals surface area contributed by atoms with Gasteiger partial charge in [0.2, 0.25) is 11.8 Å². The Kier molecular flexibility index (Phi) is 4.67. The highest BCUT2D eigenvalue weighted by molar-refractivity contribution is 6.23. The summed E-state index contributed by atoms with van der Waals surface area (Å²) >= 11 is 0. The smallest absolute Gasteiger partial charge is 0.239 e. The van der Waals surface area contributed by atoms with Crippen molar-refractivity contribution in [2.75, 3.05) is 11.9 Å². The van der Waals surface area contributed by atoms with Crippen LogP contribution in [0.4, 0.5) is 5.69 Å². The lowest BCUT2D eigenvalue weighted by Crippen LogP contribution is -2.35. The molecule has 3 aliphatic heterocycles. The average molecular weight is 509 g/mol. The van der Waals surface area contributed by atoms with E-state index in [1.165, 1.54) is 4.90 Å². The third-order valence-electron chi connectivity index (χ3n) is 8.69. The molecule has 2 saturated heterocycles. The van der Waals surface area contributed by atoms with Crippen molar-refractivity contribution >= 4 is 28.3 Å². The van der Waals surface area contributed by atoms with Crippen LogP contribution in [0.15, 0.2) is 103 Å². The van der Waals surface area contributed by atoms with Crippen molar-refractivity contribution in [3.05, 3.63) is 114 Å². The lowest BCUT2D eigenvalue weighted by molar-refractivity contribution is -0.123. The Balaban J connectivity index is 1.35. The number of imide groups is 1. The molecule has 4 heterocycles. The molecule has 188 valence electrons. The normalized spacial score (nSPS) is 23.5. The number of benzene rings is 4. The summed E-state index contributed by atoms with van der Waals surface area (Å²) in [5, 5.41) is 11.4. The summed E-state index contributed by atoms with van der Waals surface area (Å²) in [7, 11) is 2.04. The van der Waals surface area contributed by atoms with Crippen LogP contribution in [0.1, 0.15) is 23.2 Å². The van der Waals surface area contributed by atoms with Crippen LogP contribution in [0.2, 0.25) is 0 Å². The predicted molar refractivity (Wildman–Crippen MR) is 150 cm³/mol. The van der Waals surface area contributed by atoms with Gasteiger partial charge in [-0.05, 0) is 42.4 Å². The number of para-hydroxylation sites is 1. The van der Waals surface area contributed by atoms with Crippen LogP contribution < -0.4 is 4.90 Å². The van der Waals surface area contributed by atoms with Gasteiger partial charge in [-0.1, -0.05) is 78.9 Å². The average Bonchev–Trinajstić information content (AvgIpc) is 3.54. The number of hydrogen-bond donors (Lipinski definition) is 0. The van der Waals surface area contributed by atoms with Crippen molar-refractivity contribution in [2.45, 2.75) is 12.1 Å². The summed E-state index contributed by atoms with van der Waals surface area (Å²) in [6.45, 7) is 0. The van der Waals surface area contributed by atoms with Gasteiger partial charge in [0.1, 0.15) is 11.4 Å². The molecule has 0 spiro atoms. The van der Waals surface area contributed by atoms with Gasteiger partial charge in [0.25, 0.3) is 0 Å². The molecule has 3 aliphatic rings. The quantitative estimate of drug-likeness (QED) is 0.288. The molecule has 5 aromatic rings. The maximum Gasteiger partial charge on any atom is 0.239 e. The van der Waals surface area contributed by atoms with Gasteiger partial charge in [-0.2, -0.15) is 0 Å². The van der Waals surface area contributed by atoms with Crippen LogP contribution >= 0.6 is 0 Å². The topological polar surface area (TPSA) is 66.4 Å². The number of carbonyl (C=O) groups is 2. The lowest BCUT2D eigenvalue weighted by atomic mass is 9.76. The number of nitrogens with zero attached hydrogens (tertiary/aromatic N) is 4. The van der Waals surface area contributed by atoms with E-state index in [9.17, 15) is 9.59 Å². The van der Waals surface area contributed by atoms with Gasteiger partial charge in [0, 0.05) is 34.0 Å². The lowest BCUT2D eigenvalue weighted by Gasteiger charge is -2.23. The van der Waals surface area contributed by atoms with Crippen LogP contribution in [0, 0.1) is 11.8 Å². The third kappa shape index (κ3) is 3.00. The Morgan fingerprint density at radius 2 is 1.00 bits per heavy atom. The minimum Gasteiger partial charge on any atom is -0.291 e. The minimum atomic E-state index is -0.402. The van der Waals surface area contributed by atoms with Crippen molar-refractivity contribution in [1.82, 2.24) is 15.1 Å². The molecule has 6 heteroatoms. The predicted octanol–water partition coefficient (Wildman–Crippen LogP) is 5.81. The molecular weight excluding hydrogens is 484 g/mol. The molecular formula is C33H24N4O2. The van der Waals surface area contributed by atoms with Crippen molar-refractivity contribution in [3.8, 4) is 22.5 Å². The molecule has 2 bridgehead atoms. The highest BCUT2D eigenvalue weighted by Crippen LogP contribution is 2.62. The zero-order valence-electron chi connectivity index (χ0n) is 21.2. The Bertz CT molecular complexity index is 1680. The van der Waals surface area contributed by atoms with Gasteiger partial charge < -0.3 is 0 Å². The first-order valence-corrected chi connectivity index (χ1v) is 13.2. The van der Waals surface area contributed by atoms with Crippen molar-refractivity contribution < 1.29 is 9.59 Å².